The maximum absolute atomic E-state index is 12.1. The van der Waals surface area contributed by atoms with Crippen molar-refractivity contribution < 1.29 is 14.3 Å². The molecule has 4 heteroatoms. The Kier molecular flexibility index (Phi) is 4.94. The van der Waals surface area contributed by atoms with Crippen LogP contribution in [-0.2, 0) is 0 Å². The Morgan fingerprint density at radius 1 is 1.10 bits per heavy atom. The van der Waals surface area contributed by atoms with Gasteiger partial charge in [-0.25, -0.2) is 4.79 Å². The van der Waals surface area contributed by atoms with Crippen LogP contribution in [-0.4, -0.2) is 12.6 Å². The van der Waals surface area contributed by atoms with Crippen molar-refractivity contribution in [1.82, 2.24) is 0 Å². The Hall–Kier alpha value is -2.80. The number of carbonyl (C=O) groups excluding carboxylic acids is 1. The van der Waals surface area contributed by atoms with E-state index in [2.05, 4.69) is 0 Å². The minimum atomic E-state index is -0.480. The van der Waals surface area contributed by atoms with Gasteiger partial charge >= 0.3 is 5.97 Å². The van der Waals surface area contributed by atoms with E-state index in [0.29, 0.717) is 29.2 Å². The standard InChI is InChI=1S/C17H15NO3/c1-2-11-20-15-5-3-4-6-16(15)21-17(19)14-9-7-13(12-18)8-10-14/h3-10H,2,11H2,1H3. The summed E-state index contributed by atoms with van der Waals surface area (Å²) in [5, 5.41) is 8.74. The maximum atomic E-state index is 12.1. The lowest BCUT2D eigenvalue weighted by molar-refractivity contribution is 0.0728. The van der Waals surface area contributed by atoms with Crippen molar-refractivity contribution in [2.24, 2.45) is 0 Å². The average molecular weight is 281 g/mol. The number of carbonyl (C=O) groups is 1. The van der Waals surface area contributed by atoms with E-state index in [0.717, 1.165) is 6.42 Å². The van der Waals surface area contributed by atoms with E-state index in [9.17, 15) is 4.79 Å². The number of rotatable bonds is 5. The number of hydrogen-bond acceptors (Lipinski definition) is 4. The van der Waals surface area contributed by atoms with E-state index in [1.54, 1.807) is 42.5 Å². The van der Waals surface area contributed by atoms with E-state index >= 15 is 0 Å². The van der Waals surface area contributed by atoms with Crippen molar-refractivity contribution in [3.63, 3.8) is 0 Å². The normalized spacial score (nSPS) is 9.71. The molecular weight excluding hydrogens is 266 g/mol. The summed E-state index contributed by atoms with van der Waals surface area (Å²) >= 11 is 0. The molecular formula is C17H15NO3. The van der Waals surface area contributed by atoms with Crippen LogP contribution in [0.15, 0.2) is 48.5 Å². The van der Waals surface area contributed by atoms with Gasteiger partial charge in [0.25, 0.3) is 0 Å². The van der Waals surface area contributed by atoms with Crippen molar-refractivity contribution >= 4 is 5.97 Å². The van der Waals surface area contributed by atoms with Gasteiger partial charge in [0.05, 0.1) is 23.8 Å². The predicted octanol–water partition coefficient (Wildman–Crippen LogP) is 3.57. The lowest BCUT2D eigenvalue weighted by Gasteiger charge is -2.10. The zero-order valence-corrected chi connectivity index (χ0v) is 11.7. The highest BCUT2D eigenvalue weighted by Crippen LogP contribution is 2.27. The van der Waals surface area contributed by atoms with Crippen LogP contribution in [0.25, 0.3) is 0 Å². The summed E-state index contributed by atoms with van der Waals surface area (Å²) in [4.78, 5) is 12.1. The molecule has 0 radical (unpaired) electrons. The lowest BCUT2D eigenvalue weighted by Crippen LogP contribution is -2.09. The van der Waals surface area contributed by atoms with E-state index < -0.39 is 5.97 Å². The van der Waals surface area contributed by atoms with E-state index in [4.69, 9.17) is 14.7 Å². The molecule has 0 unspecified atom stereocenters. The number of ether oxygens (including phenoxy) is 2. The van der Waals surface area contributed by atoms with Gasteiger partial charge in [0, 0.05) is 0 Å². The van der Waals surface area contributed by atoms with E-state index in [1.165, 1.54) is 0 Å². The topological polar surface area (TPSA) is 59.3 Å². The smallest absolute Gasteiger partial charge is 0.343 e. The van der Waals surface area contributed by atoms with Gasteiger partial charge in [-0.3, -0.25) is 0 Å². The van der Waals surface area contributed by atoms with Crippen molar-refractivity contribution in [3.8, 4) is 17.6 Å². The highest BCUT2D eigenvalue weighted by Gasteiger charge is 2.12. The van der Waals surface area contributed by atoms with E-state index in [1.807, 2.05) is 19.1 Å². The lowest BCUT2D eigenvalue weighted by atomic mass is 10.1. The van der Waals surface area contributed by atoms with Gasteiger partial charge in [-0.1, -0.05) is 19.1 Å². The van der Waals surface area contributed by atoms with Crippen LogP contribution in [0.5, 0.6) is 11.5 Å². The fourth-order valence-electron chi connectivity index (χ4n) is 1.71. The van der Waals surface area contributed by atoms with Crippen LogP contribution in [0.4, 0.5) is 0 Å². The Morgan fingerprint density at radius 3 is 2.38 bits per heavy atom. The van der Waals surface area contributed by atoms with Crippen molar-refractivity contribution in [3.05, 3.63) is 59.7 Å². The summed E-state index contributed by atoms with van der Waals surface area (Å²) in [5.41, 5.74) is 0.887. The van der Waals surface area contributed by atoms with Crippen LogP contribution in [0.2, 0.25) is 0 Å². The van der Waals surface area contributed by atoms with Gasteiger partial charge in [0.1, 0.15) is 0 Å². The van der Waals surface area contributed by atoms with Crippen LogP contribution in [0.1, 0.15) is 29.3 Å². The molecule has 0 atom stereocenters. The monoisotopic (exact) mass is 281 g/mol. The Bertz CT molecular complexity index is 656. The van der Waals surface area contributed by atoms with Gasteiger partial charge in [-0.15, -0.1) is 0 Å². The molecule has 106 valence electrons. The quantitative estimate of drug-likeness (QED) is 0.621. The summed E-state index contributed by atoms with van der Waals surface area (Å²) in [5.74, 6) is 0.452. The van der Waals surface area contributed by atoms with E-state index in [-0.39, 0.29) is 0 Å². The fraction of sp³-hybridized carbons (Fsp3) is 0.176. The molecule has 0 saturated carbocycles. The summed E-state index contributed by atoms with van der Waals surface area (Å²) in [6.07, 6.45) is 0.873. The van der Waals surface area contributed by atoms with Crippen LogP contribution >= 0.6 is 0 Å². The van der Waals surface area contributed by atoms with Gasteiger partial charge < -0.3 is 9.47 Å². The zero-order chi connectivity index (χ0) is 15.1. The molecule has 0 aliphatic carbocycles. The first-order valence-corrected chi connectivity index (χ1v) is 6.68. The summed E-state index contributed by atoms with van der Waals surface area (Å²) in [6.45, 7) is 2.57. The summed E-state index contributed by atoms with van der Waals surface area (Å²) in [6, 6.07) is 15.3. The number of nitrogens with zero attached hydrogens (tertiary/aromatic N) is 1. The Labute approximate surface area is 123 Å². The average Bonchev–Trinajstić information content (AvgIpc) is 2.54. The molecule has 2 aromatic carbocycles. The molecule has 0 aliphatic heterocycles. The molecule has 0 heterocycles. The molecule has 0 aliphatic rings. The molecule has 0 spiro atoms. The number of benzene rings is 2. The molecule has 0 bridgehead atoms. The first-order chi connectivity index (χ1) is 10.2. The SMILES string of the molecule is CCCOc1ccccc1OC(=O)c1ccc(C#N)cc1. The summed E-state index contributed by atoms with van der Waals surface area (Å²) < 4.78 is 10.9. The van der Waals surface area contributed by atoms with Crippen molar-refractivity contribution in [2.75, 3.05) is 6.61 Å². The highest BCUT2D eigenvalue weighted by atomic mass is 16.6. The zero-order valence-electron chi connectivity index (χ0n) is 11.7. The van der Waals surface area contributed by atoms with Crippen LogP contribution in [0, 0.1) is 11.3 Å². The largest absolute Gasteiger partial charge is 0.490 e. The Balaban J connectivity index is 2.13. The van der Waals surface area contributed by atoms with Crippen LogP contribution in [0.3, 0.4) is 0 Å². The maximum Gasteiger partial charge on any atom is 0.343 e. The third-order valence-corrected chi connectivity index (χ3v) is 2.76. The van der Waals surface area contributed by atoms with Gasteiger partial charge in [-0.2, -0.15) is 5.26 Å². The molecule has 2 rings (SSSR count). The van der Waals surface area contributed by atoms with Gasteiger partial charge in [-0.05, 0) is 42.8 Å². The molecule has 0 aromatic heterocycles. The second kappa shape index (κ2) is 7.11. The number of para-hydroxylation sites is 2. The minimum Gasteiger partial charge on any atom is -0.490 e. The molecule has 21 heavy (non-hydrogen) atoms. The number of nitriles is 1. The first-order valence-electron chi connectivity index (χ1n) is 6.68. The Morgan fingerprint density at radius 2 is 1.76 bits per heavy atom. The second-order valence-corrected chi connectivity index (χ2v) is 4.37. The molecule has 2 aromatic rings. The van der Waals surface area contributed by atoms with Crippen molar-refractivity contribution in [1.29, 1.82) is 5.26 Å². The van der Waals surface area contributed by atoms with Crippen molar-refractivity contribution in [2.45, 2.75) is 13.3 Å². The molecule has 0 fully saturated rings. The van der Waals surface area contributed by atoms with Gasteiger partial charge in [0.15, 0.2) is 11.5 Å². The number of esters is 1. The van der Waals surface area contributed by atoms with Gasteiger partial charge in [0.2, 0.25) is 0 Å². The fourth-order valence-corrected chi connectivity index (χ4v) is 1.71. The highest BCUT2D eigenvalue weighted by molar-refractivity contribution is 5.91. The predicted molar refractivity (Wildman–Crippen MR) is 78.3 cm³/mol. The van der Waals surface area contributed by atoms with Crippen LogP contribution < -0.4 is 9.47 Å². The molecule has 4 nitrogen and oxygen atoms in total. The number of hydrogen-bond donors (Lipinski definition) is 0. The molecule has 0 N–H and O–H groups in total. The molecule has 0 amide bonds. The minimum absolute atomic E-state index is 0.388. The molecule has 0 saturated heterocycles. The first kappa shape index (κ1) is 14.6. The second-order valence-electron chi connectivity index (χ2n) is 4.37. The third-order valence-electron chi connectivity index (χ3n) is 2.76. The third kappa shape index (κ3) is 3.83. The summed E-state index contributed by atoms with van der Waals surface area (Å²) in [7, 11) is 0.